The lowest BCUT2D eigenvalue weighted by atomic mass is 9.33. The molecule has 0 saturated carbocycles. The van der Waals surface area contributed by atoms with Gasteiger partial charge in [-0.1, -0.05) is 123 Å². The predicted molar refractivity (Wildman–Crippen MR) is 246 cm³/mol. The molecule has 6 aromatic carbocycles. The Labute approximate surface area is 340 Å². The average molecular weight is 747 g/mol. The van der Waals surface area contributed by atoms with Gasteiger partial charge in [0.25, 0.3) is 6.71 Å². The molecule has 0 radical (unpaired) electrons. The Hall–Kier alpha value is -5.48. The lowest BCUT2D eigenvalue weighted by molar-refractivity contribution is 0.589. The van der Waals surface area contributed by atoms with E-state index in [2.05, 4.69) is 202 Å². The lowest BCUT2D eigenvalue weighted by Crippen LogP contribution is -2.61. The van der Waals surface area contributed by atoms with Crippen LogP contribution in [0.25, 0.3) is 22.1 Å². The molecule has 0 aliphatic carbocycles. The molecule has 2 aliphatic rings. The highest BCUT2D eigenvalue weighted by molar-refractivity contribution is 7.00. The van der Waals surface area contributed by atoms with Crippen molar-refractivity contribution in [1.82, 2.24) is 0 Å². The van der Waals surface area contributed by atoms with E-state index in [1.807, 2.05) is 0 Å². The summed E-state index contributed by atoms with van der Waals surface area (Å²) in [7, 11) is 0. The molecule has 9 rings (SSSR count). The molecule has 4 heteroatoms. The number of rotatable bonds is 3. The minimum atomic E-state index is -0.0179. The highest BCUT2D eigenvalue weighted by Gasteiger charge is 2.44. The first-order valence-electron chi connectivity index (χ1n) is 20.6. The van der Waals surface area contributed by atoms with Crippen molar-refractivity contribution in [1.29, 1.82) is 0 Å². The number of aryl methyl sites for hydroxylation is 3. The van der Waals surface area contributed by atoms with E-state index in [0.29, 0.717) is 0 Å². The van der Waals surface area contributed by atoms with Crippen LogP contribution in [0, 0.1) is 20.8 Å². The Balaban J connectivity index is 1.39. The average Bonchev–Trinajstić information content (AvgIpc) is 3.63. The smallest absolute Gasteiger partial charge is 0.252 e. The highest BCUT2D eigenvalue weighted by atomic mass is 16.3. The van der Waals surface area contributed by atoms with Gasteiger partial charge in [-0.2, -0.15) is 0 Å². The number of hydrogen-bond acceptors (Lipinski definition) is 3. The zero-order valence-corrected chi connectivity index (χ0v) is 35.8. The first-order chi connectivity index (χ1) is 26.9. The third-order valence-electron chi connectivity index (χ3n) is 12.5. The van der Waals surface area contributed by atoms with Crippen LogP contribution in [0.2, 0.25) is 0 Å². The van der Waals surface area contributed by atoms with Crippen LogP contribution in [-0.2, 0) is 16.2 Å². The lowest BCUT2D eigenvalue weighted by Gasteiger charge is -2.45. The van der Waals surface area contributed by atoms with Gasteiger partial charge >= 0.3 is 0 Å². The van der Waals surface area contributed by atoms with E-state index in [1.54, 1.807) is 6.26 Å². The van der Waals surface area contributed by atoms with Crippen LogP contribution < -0.4 is 26.2 Å². The Bertz CT molecular complexity index is 2710. The molecule has 286 valence electrons. The van der Waals surface area contributed by atoms with Crippen LogP contribution in [0.1, 0.15) is 95.7 Å². The Morgan fingerprint density at radius 3 is 1.74 bits per heavy atom. The second-order valence-corrected chi connectivity index (χ2v) is 19.8. The summed E-state index contributed by atoms with van der Waals surface area (Å²) < 4.78 is 5.91. The van der Waals surface area contributed by atoms with Crippen molar-refractivity contribution in [3.63, 3.8) is 0 Å². The second-order valence-electron chi connectivity index (χ2n) is 19.8. The molecule has 7 aromatic rings. The number of furan rings is 1. The minimum absolute atomic E-state index is 0.0159. The standard InChI is InChI=1S/C53H55BN2O/c1-32-26-46-49-47(27-32)56(50-33(2)28-38(29-34(50)3)53(10,11)12)45-22-16-35(40-14-13-15-48-41(40)24-25-57-48)30-42(45)54(49)43-31-37(52(7,8)9)19-23-44(43)55(46)39-20-17-36(18-21-39)51(4,5)6/h13-31H,1-12H3. The van der Waals surface area contributed by atoms with E-state index in [4.69, 9.17) is 4.42 Å². The van der Waals surface area contributed by atoms with Gasteiger partial charge in [0.15, 0.2) is 0 Å². The minimum Gasteiger partial charge on any atom is -0.464 e. The molecule has 0 unspecified atom stereocenters. The Morgan fingerprint density at radius 2 is 1.09 bits per heavy atom. The fraction of sp³-hybridized carbons (Fsp3) is 0.283. The molecule has 57 heavy (non-hydrogen) atoms. The van der Waals surface area contributed by atoms with Gasteiger partial charge in [-0.3, -0.25) is 0 Å². The molecule has 2 aliphatic heterocycles. The maximum atomic E-state index is 5.91. The monoisotopic (exact) mass is 746 g/mol. The third-order valence-corrected chi connectivity index (χ3v) is 12.5. The summed E-state index contributed by atoms with van der Waals surface area (Å²) in [6.07, 6.45) is 1.81. The molecule has 0 saturated heterocycles. The van der Waals surface area contributed by atoms with Gasteiger partial charge in [-0.25, -0.2) is 0 Å². The van der Waals surface area contributed by atoms with Gasteiger partial charge in [0.2, 0.25) is 0 Å². The van der Waals surface area contributed by atoms with Crippen LogP contribution in [0.5, 0.6) is 0 Å². The quantitative estimate of drug-likeness (QED) is 0.168. The number of hydrogen-bond donors (Lipinski definition) is 0. The number of benzene rings is 6. The van der Waals surface area contributed by atoms with Gasteiger partial charge < -0.3 is 14.2 Å². The maximum absolute atomic E-state index is 5.91. The van der Waals surface area contributed by atoms with Crippen molar-refractivity contribution in [3.05, 3.63) is 149 Å². The van der Waals surface area contributed by atoms with Gasteiger partial charge in [0.05, 0.1) is 12.0 Å². The summed E-state index contributed by atoms with van der Waals surface area (Å²) in [5.41, 5.74) is 22.7. The van der Waals surface area contributed by atoms with E-state index in [0.717, 1.165) is 11.0 Å². The first kappa shape index (κ1) is 37.1. The van der Waals surface area contributed by atoms with Gasteiger partial charge in [-0.05, 0) is 146 Å². The van der Waals surface area contributed by atoms with E-state index in [1.165, 1.54) is 95.0 Å². The molecule has 0 bridgehead atoms. The van der Waals surface area contributed by atoms with Crippen molar-refractivity contribution in [3.8, 4) is 11.1 Å². The van der Waals surface area contributed by atoms with E-state index in [9.17, 15) is 0 Å². The summed E-state index contributed by atoms with van der Waals surface area (Å²) in [6.45, 7) is 27.7. The predicted octanol–water partition coefficient (Wildman–Crippen LogP) is 13.0. The van der Waals surface area contributed by atoms with E-state index < -0.39 is 0 Å². The van der Waals surface area contributed by atoms with Gasteiger partial charge in [-0.15, -0.1) is 0 Å². The molecular formula is C53H55BN2O. The molecule has 3 nitrogen and oxygen atoms in total. The summed E-state index contributed by atoms with van der Waals surface area (Å²) >= 11 is 0. The molecule has 0 spiro atoms. The Kier molecular flexibility index (Phi) is 8.31. The van der Waals surface area contributed by atoms with Crippen molar-refractivity contribution in [2.24, 2.45) is 0 Å². The van der Waals surface area contributed by atoms with Crippen LogP contribution in [0.3, 0.4) is 0 Å². The topological polar surface area (TPSA) is 19.6 Å². The third kappa shape index (κ3) is 6.02. The first-order valence-corrected chi connectivity index (χ1v) is 20.6. The molecule has 0 atom stereocenters. The second kappa shape index (κ2) is 12.8. The van der Waals surface area contributed by atoms with Crippen molar-refractivity contribution < 1.29 is 4.42 Å². The molecule has 0 N–H and O–H groups in total. The summed E-state index contributed by atoms with van der Waals surface area (Å²) in [4.78, 5) is 5.13. The van der Waals surface area contributed by atoms with Crippen LogP contribution in [0.4, 0.5) is 34.1 Å². The maximum Gasteiger partial charge on any atom is 0.252 e. The summed E-state index contributed by atoms with van der Waals surface area (Å²) in [5, 5.41) is 1.13. The fourth-order valence-corrected chi connectivity index (χ4v) is 9.39. The normalized spacial score (nSPS) is 13.9. The largest absolute Gasteiger partial charge is 0.464 e. The van der Waals surface area contributed by atoms with E-state index in [-0.39, 0.29) is 23.0 Å². The van der Waals surface area contributed by atoms with Gasteiger partial charge in [0.1, 0.15) is 5.58 Å². The summed E-state index contributed by atoms with van der Waals surface area (Å²) in [6, 6.07) is 41.9. The molecule has 0 amide bonds. The molecule has 3 heterocycles. The fourth-order valence-electron chi connectivity index (χ4n) is 9.39. The molecule has 0 fully saturated rings. The highest BCUT2D eigenvalue weighted by Crippen LogP contribution is 2.48. The SMILES string of the molecule is Cc1cc2c3c(c1)N(c1c(C)cc(C(C)(C)C)cc1C)c1ccc(-c4cccc5occc45)cc1B3c1cc(C(C)(C)C)ccc1N2c1ccc(C(C)(C)C)cc1. The zero-order valence-electron chi connectivity index (χ0n) is 35.8. The van der Waals surface area contributed by atoms with Crippen LogP contribution >= 0.6 is 0 Å². The summed E-state index contributed by atoms with van der Waals surface area (Å²) in [5.74, 6) is 0. The molecule has 1 aromatic heterocycles. The van der Waals surface area contributed by atoms with Gasteiger partial charge in [0, 0.05) is 33.8 Å². The van der Waals surface area contributed by atoms with Crippen LogP contribution in [-0.4, -0.2) is 6.71 Å². The zero-order chi connectivity index (χ0) is 40.3. The number of fused-ring (bicyclic) bond motifs is 5. The molecular weight excluding hydrogens is 691 g/mol. The number of nitrogens with zero attached hydrogens (tertiary/aromatic N) is 2. The van der Waals surface area contributed by atoms with E-state index >= 15 is 0 Å². The van der Waals surface area contributed by atoms with Crippen molar-refractivity contribution in [2.75, 3.05) is 9.80 Å². The van der Waals surface area contributed by atoms with Crippen LogP contribution in [0.15, 0.2) is 120 Å². The number of anilines is 6. The van der Waals surface area contributed by atoms with Crippen molar-refractivity contribution in [2.45, 2.75) is 99.3 Å². The van der Waals surface area contributed by atoms with Crippen molar-refractivity contribution >= 4 is 68.2 Å². The Morgan fingerprint density at radius 1 is 0.509 bits per heavy atom.